The molecule has 0 aliphatic carbocycles. The van der Waals surface area contributed by atoms with Crippen LogP contribution >= 0.6 is 11.6 Å². The van der Waals surface area contributed by atoms with Gasteiger partial charge in [0.05, 0.1) is 17.5 Å². The second kappa shape index (κ2) is 10.9. The lowest BCUT2D eigenvalue weighted by Gasteiger charge is -2.11. The average Bonchev–Trinajstić information content (AvgIpc) is 2.81. The van der Waals surface area contributed by atoms with Gasteiger partial charge in [0, 0.05) is 30.5 Å². The van der Waals surface area contributed by atoms with Crippen LogP contribution in [0, 0.1) is 0 Å². The van der Waals surface area contributed by atoms with Crippen molar-refractivity contribution in [2.24, 2.45) is 5.10 Å². The average molecular weight is 464 g/mol. The van der Waals surface area contributed by atoms with E-state index in [2.05, 4.69) is 21.2 Å². The number of carbonyl (C=O) groups is 3. The maximum absolute atomic E-state index is 12.6. The van der Waals surface area contributed by atoms with Crippen LogP contribution in [0.3, 0.4) is 0 Å². The molecule has 0 aliphatic heterocycles. The molecule has 0 saturated carbocycles. The first-order valence-electron chi connectivity index (χ1n) is 9.91. The van der Waals surface area contributed by atoms with Gasteiger partial charge in [-0.2, -0.15) is 5.10 Å². The fourth-order valence-electron chi connectivity index (χ4n) is 2.78. The Kier molecular flexibility index (Phi) is 7.77. The van der Waals surface area contributed by atoms with Crippen LogP contribution < -0.4 is 21.0 Å². The van der Waals surface area contributed by atoms with Crippen molar-refractivity contribution in [3.8, 4) is 0 Å². The third kappa shape index (κ3) is 6.65. The number of hydrogen-bond donors (Lipinski definition) is 3. The van der Waals surface area contributed by atoms with Gasteiger partial charge in [-0.1, -0.05) is 35.9 Å². The topological polar surface area (TPSA) is 103 Å². The maximum atomic E-state index is 12.6. The van der Waals surface area contributed by atoms with Gasteiger partial charge in [0.1, 0.15) is 0 Å². The molecule has 3 rings (SSSR count). The van der Waals surface area contributed by atoms with E-state index in [1.165, 1.54) is 18.3 Å². The van der Waals surface area contributed by atoms with E-state index in [1.54, 1.807) is 36.4 Å². The second-order valence-corrected chi connectivity index (χ2v) is 7.58. The van der Waals surface area contributed by atoms with Crippen LogP contribution in [0.25, 0.3) is 0 Å². The van der Waals surface area contributed by atoms with E-state index in [0.29, 0.717) is 10.7 Å². The van der Waals surface area contributed by atoms with E-state index < -0.39 is 17.7 Å². The molecule has 0 atom stereocenters. The largest absolute Gasteiger partial charge is 0.378 e. The lowest BCUT2D eigenvalue weighted by atomic mass is 10.1. The number of nitrogens with one attached hydrogen (secondary N) is 3. The SMILES string of the molecule is CN(C)c1ccc(/C=N/NC(=O)C(=O)Nc2ccccc2C(=O)Nc2ccc(Cl)cc2)cc1. The van der Waals surface area contributed by atoms with E-state index in [-0.39, 0.29) is 11.3 Å². The van der Waals surface area contributed by atoms with Crippen LogP contribution in [0.5, 0.6) is 0 Å². The zero-order valence-electron chi connectivity index (χ0n) is 18.0. The molecule has 3 aromatic carbocycles. The summed E-state index contributed by atoms with van der Waals surface area (Å²) in [7, 11) is 3.86. The lowest BCUT2D eigenvalue weighted by molar-refractivity contribution is -0.136. The molecule has 0 bridgehead atoms. The Hall–Kier alpha value is -4.17. The summed E-state index contributed by atoms with van der Waals surface area (Å²) in [5.41, 5.74) is 4.87. The molecule has 0 saturated heterocycles. The lowest BCUT2D eigenvalue weighted by Crippen LogP contribution is -2.33. The highest BCUT2D eigenvalue weighted by molar-refractivity contribution is 6.40. The van der Waals surface area contributed by atoms with Crippen LogP contribution in [0.15, 0.2) is 77.9 Å². The minimum absolute atomic E-state index is 0.187. The third-order valence-electron chi connectivity index (χ3n) is 4.52. The minimum atomic E-state index is -0.968. The Morgan fingerprint density at radius 1 is 0.848 bits per heavy atom. The number of anilines is 3. The van der Waals surface area contributed by atoms with Gasteiger partial charge >= 0.3 is 11.8 Å². The molecule has 9 heteroatoms. The number of hydrazone groups is 1. The highest BCUT2D eigenvalue weighted by Gasteiger charge is 2.17. The highest BCUT2D eigenvalue weighted by Crippen LogP contribution is 2.19. The van der Waals surface area contributed by atoms with E-state index >= 15 is 0 Å². The third-order valence-corrected chi connectivity index (χ3v) is 4.77. The number of carbonyl (C=O) groups excluding carboxylic acids is 3. The van der Waals surface area contributed by atoms with Crippen molar-refractivity contribution in [1.82, 2.24) is 5.43 Å². The summed E-state index contributed by atoms with van der Waals surface area (Å²) in [6, 6.07) is 20.4. The fraction of sp³-hybridized carbons (Fsp3) is 0.0833. The zero-order chi connectivity index (χ0) is 23.8. The predicted molar refractivity (Wildman–Crippen MR) is 131 cm³/mol. The quantitative estimate of drug-likeness (QED) is 0.294. The number of nitrogens with zero attached hydrogens (tertiary/aromatic N) is 2. The molecule has 0 unspecified atom stereocenters. The number of halogens is 1. The van der Waals surface area contributed by atoms with Gasteiger partial charge in [0.25, 0.3) is 5.91 Å². The Balaban J connectivity index is 1.60. The van der Waals surface area contributed by atoms with Gasteiger partial charge in [0.15, 0.2) is 0 Å². The van der Waals surface area contributed by atoms with Crippen molar-refractivity contribution in [3.05, 3.63) is 88.9 Å². The van der Waals surface area contributed by atoms with E-state index in [0.717, 1.165) is 11.3 Å². The van der Waals surface area contributed by atoms with Crippen molar-refractivity contribution in [2.75, 3.05) is 29.6 Å². The van der Waals surface area contributed by atoms with E-state index in [4.69, 9.17) is 11.6 Å². The molecule has 0 heterocycles. The molecule has 33 heavy (non-hydrogen) atoms. The number of amides is 3. The molecule has 3 aromatic rings. The Bertz CT molecular complexity index is 1180. The molecular weight excluding hydrogens is 442 g/mol. The van der Waals surface area contributed by atoms with Crippen molar-refractivity contribution in [3.63, 3.8) is 0 Å². The monoisotopic (exact) mass is 463 g/mol. The van der Waals surface area contributed by atoms with Crippen LogP contribution in [0.1, 0.15) is 15.9 Å². The molecule has 0 aliphatic rings. The molecular formula is C24H22ClN5O3. The first-order valence-corrected chi connectivity index (χ1v) is 10.3. The minimum Gasteiger partial charge on any atom is -0.378 e. The van der Waals surface area contributed by atoms with Gasteiger partial charge in [-0.3, -0.25) is 14.4 Å². The molecule has 168 valence electrons. The summed E-state index contributed by atoms with van der Waals surface area (Å²) < 4.78 is 0. The summed E-state index contributed by atoms with van der Waals surface area (Å²) in [5.74, 6) is -2.38. The second-order valence-electron chi connectivity index (χ2n) is 7.15. The molecule has 3 amide bonds. The molecule has 0 radical (unpaired) electrons. The van der Waals surface area contributed by atoms with E-state index in [9.17, 15) is 14.4 Å². The zero-order valence-corrected chi connectivity index (χ0v) is 18.8. The predicted octanol–water partition coefficient (Wildman–Crippen LogP) is 3.75. The van der Waals surface area contributed by atoms with Crippen molar-refractivity contribution >= 4 is 52.6 Å². The number of rotatable bonds is 6. The summed E-state index contributed by atoms with van der Waals surface area (Å²) >= 11 is 5.86. The van der Waals surface area contributed by atoms with Crippen molar-refractivity contribution < 1.29 is 14.4 Å². The van der Waals surface area contributed by atoms with Gasteiger partial charge in [-0.15, -0.1) is 0 Å². The van der Waals surface area contributed by atoms with Crippen LogP contribution in [-0.4, -0.2) is 38.0 Å². The smallest absolute Gasteiger partial charge is 0.329 e. The Labute approximate surface area is 196 Å². The number of para-hydroxylation sites is 1. The van der Waals surface area contributed by atoms with Gasteiger partial charge in [-0.25, -0.2) is 5.43 Å². The van der Waals surface area contributed by atoms with E-state index in [1.807, 2.05) is 43.3 Å². The van der Waals surface area contributed by atoms with Gasteiger partial charge in [-0.05, 0) is 54.1 Å². The highest BCUT2D eigenvalue weighted by atomic mass is 35.5. The first-order chi connectivity index (χ1) is 15.8. The molecule has 0 aromatic heterocycles. The van der Waals surface area contributed by atoms with Crippen molar-refractivity contribution in [1.29, 1.82) is 0 Å². The van der Waals surface area contributed by atoms with Gasteiger partial charge < -0.3 is 15.5 Å². The normalized spacial score (nSPS) is 10.5. The van der Waals surface area contributed by atoms with Crippen molar-refractivity contribution in [2.45, 2.75) is 0 Å². The molecule has 0 fully saturated rings. The van der Waals surface area contributed by atoms with Crippen LogP contribution in [-0.2, 0) is 9.59 Å². The summed E-state index contributed by atoms with van der Waals surface area (Å²) in [6.07, 6.45) is 1.43. The summed E-state index contributed by atoms with van der Waals surface area (Å²) in [5, 5.41) is 9.51. The van der Waals surface area contributed by atoms with Crippen LogP contribution in [0.4, 0.5) is 17.1 Å². The molecule has 0 spiro atoms. The molecule has 8 nitrogen and oxygen atoms in total. The number of hydrogen-bond acceptors (Lipinski definition) is 5. The maximum Gasteiger partial charge on any atom is 0.329 e. The van der Waals surface area contributed by atoms with Gasteiger partial charge in [0.2, 0.25) is 0 Å². The standard InChI is InChI=1S/C24H22ClN5O3/c1-30(2)19-13-7-16(8-14-19)15-26-29-24(33)23(32)28-21-6-4-3-5-20(21)22(31)27-18-11-9-17(25)10-12-18/h3-15H,1-2H3,(H,27,31)(H,28,32)(H,29,33)/b26-15+. The Morgan fingerprint density at radius 2 is 1.52 bits per heavy atom. The summed E-state index contributed by atoms with van der Waals surface area (Å²) in [4.78, 5) is 39.0. The summed E-state index contributed by atoms with van der Waals surface area (Å²) in [6.45, 7) is 0. The fourth-order valence-corrected chi connectivity index (χ4v) is 2.90. The number of benzene rings is 3. The first kappa shape index (κ1) is 23.5. The van der Waals surface area contributed by atoms with Crippen LogP contribution in [0.2, 0.25) is 5.02 Å². The Morgan fingerprint density at radius 3 is 2.18 bits per heavy atom. The molecule has 3 N–H and O–H groups in total.